The quantitative estimate of drug-likeness (QED) is 0.306. The van der Waals surface area contributed by atoms with E-state index >= 15 is 0 Å². The van der Waals surface area contributed by atoms with Crippen LogP contribution in [0, 0.1) is 0 Å². The number of rotatable bonds is 17. The molecule has 1 unspecified atom stereocenters. The van der Waals surface area contributed by atoms with Crippen LogP contribution in [0.1, 0.15) is 104 Å². The van der Waals surface area contributed by atoms with Crippen LogP contribution in [0.5, 0.6) is 0 Å². The topological polar surface area (TPSA) is 20.2 Å². The molecule has 1 atom stereocenters. The van der Waals surface area contributed by atoms with Crippen LogP contribution in [-0.2, 0) is 0 Å². The molecule has 0 saturated heterocycles. The second-order valence-corrected chi connectivity index (χ2v) is 7.74. The first-order valence-corrected chi connectivity index (χ1v) is 10.6. The first-order valence-electron chi connectivity index (χ1n) is 9.57. The lowest BCUT2D eigenvalue weighted by atomic mass is 10.0. The van der Waals surface area contributed by atoms with E-state index in [2.05, 4.69) is 25.6 Å². The highest BCUT2D eigenvalue weighted by Crippen LogP contribution is 2.23. The van der Waals surface area contributed by atoms with Crippen LogP contribution < -0.4 is 0 Å². The zero-order valence-corrected chi connectivity index (χ0v) is 15.6. The Balaban J connectivity index is 3.32. The van der Waals surface area contributed by atoms with Gasteiger partial charge in [0.25, 0.3) is 0 Å². The van der Waals surface area contributed by atoms with E-state index in [0.29, 0.717) is 6.61 Å². The van der Waals surface area contributed by atoms with Gasteiger partial charge in [-0.1, -0.05) is 84.5 Å². The third-order valence-electron chi connectivity index (χ3n) is 4.15. The Morgan fingerprint density at radius 3 is 1.76 bits per heavy atom. The van der Waals surface area contributed by atoms with E-state index in [-0.39, 0.29) is 0 Å². The highest BCUT2D eigenvalue weighted by molar-refractivity contribution is 7.99. The zero-order valence-electron chi connectivity index (χ0n) is 14.7. The maximum Gasteiger partial charge on any atom is 0.0438 e. The number of hydrogen-bond donors (Lipinski definition) is 1. The summed E-state index contributed by atoms with van der Waals surface area (Å²) < 4.78 is 0. The first-order chi connectivity index (χ1) is 10.3. The molecule has 0 radical (unpaired) electrons. The van der Waals surface area contributed by atoms with E-state index in [1.807, 2.05) is 0 Å². The van der Waals surface area contributed by atoms with Crippen molar-refractivity contribution in [1.29, 1.82) is 0 Å². The zero-order chi connectivity index (χ0) is 15.6. The van der Waals surface area contributed by atoms with Gasteiger partial charge in [-0.3, -0.25) is 0 Å². The van der Waals surface area contributed by atoms with Crippen molar-refractivity contribution < 1.29 is 5.11 Å². The fourth-order valence-corrected chi connectivity index (χ4v) is 4.17. The molecule has 0 heterocycles. The van der Waals surface area contributed by atoms with Crippen LogP contribution in [0.4, 0.5) is 0 Å². The molecule has 0 aromatic heterocycles. The molecule has 0 bridgehead atoms. The normalized spacial score (nSPS) is 12.7. The van der Waals surface area contributed by atoms with E-state index in [1.165, 1.54) is 83.5 Å². The Morgan fingerprint density at radius 1 is 0.667 bits per heavy atom. The van der Waals surface area contributed by atoms with E-state index < -0.39 is 0 Å². The maximum atomic E-state index is 8.86. The minimum Gasteiger partial charge on any atom is -0.396 e. The third-order valence-corrected chi connectivity index (χ3v) is 5.61. The van der Waals surface area contributed by atoms with Crippen molar-refractivity contribution in [2.75, 3.05) is 12.4 Å². The summed E-state index contributed by atoms with van der Waals surface area (Å²) in [5.74, 6) is 1.14. The lowest BCUT2D eigenvalue weighted by Crippen LogP contribution is -2.04. The summed E-state index contributed by atoms with van der Waals surface area (Å²) in [6.07, 6.45) is 19.3. The monoisotopic (exact) mass is 316 g/mol. The second-order valence-electron chi connectivity index (χ2n) is 6.33. The summed E-state index contributed by atoms with van der Waals surface area (Å²) in [6, 6.07) is 0. The lowest BCUT2D eigenvalue weighted by molar-refractivity contribution is 0.296. The summed E-state index contributed by atoms with van der Waals surface area (Å²) >= 11 is 2.09. The Labute approximate surface area is 138 Å². The number of aliphatic hydroxyl groups is 1. The van der Waals surface area contributed by atoms with Crippen molar-refractivity contribution in [3.8, 4) is 0 Å². The molecule has 21 heavy (non-hydrogen) atoms. The van der Waals surface area contributed by atoms with Crippen molar-refractivity contribution >= 4 is 11.8 Å². The summed E-state index contributed by atoms with van der Waals surface area (Å²) in [5.41, 5.74) is 0. The van der Waals surface area contributed by atoms with Crippen LogP contribution in [0.25, 0.3) is 0 Å². The second kappa shape index (κ2) is 18.4. The van der Waals surface area contributed by atoms with E-state index in [4.69, 9.17) is 5.11 Å². The highest BCUT2D eigenvalue weighted by Gasteiger charge is 2.07. The Bertz CT molecular complexity index is 184. The van der Waals surface area contributed by atoms with Crippen LogP contribution in [0.15, 0.2) is 0 Å². The van der Waals surface area contributed by atoms with Gasteiger partial charge < -0.3 is 5.11 Å². The van der Waals surface area contributed by atoms with Crippen molar-refractivity contribution in [2.24, 2.45) is 0 Å². The van der Waals surface area contributed by atoms with Gasteiger partial charge in [0.15, 0.2) is 0 Å². The van der Waals surface area contributed by atoms with Gasteiger partial charge >= 0.3 is 0 Å². The standard InChI is InChI=1S/C19H40OS/c1-3-5-6-7-8-9-10-11-12-13-16-19(15-4-2)21-18-14-17-20/h19-20H,3-18H2,1-2H3. The predicted octanol–water partition coefficient (Wildman–Crippen LogP) is 6.58. The number of aliphatic hydroxyl groups excluding tert-OH is 1. The van der Waals surface area contributed by atoms with Crippen LogP contribution >= 0.6 is 11.8 Å². The third kappa shape index (κ3) is 16.5. The molecule has 0 aromatic rings. The molecule has 1 nitrogen and oxygen atoms in total. The van der Waals surface area contributed by atoms with Crippen molar-refractivity contribution in [3.63, 3.8) is 0 Å². The van der Waals surface area contributed by atoms with E-state index in [0.717, 1.165) is 17.4 Å². The van der Waals surface area contributed by atoms with Gasteiger partial charge in [0, 0.05) is 11.9 Å². The summed E-state index contributed by atoms with van der Waals surface area (Å²) in [5, 5.41) is 9.70. The Kier molecular flexibility index (Phi) is 18.6. The van der Waals surface area contributed by atoms with Gasteiger partial charge in [0.2, 0.25) is 0 Å². The van der Waals surface area contributed by atoms with E-state index in [9.17, 15) is 0 Å². The molecule has 0 saturated carbocycles. The van der Waals surface area contributed by atoms with Crippen LogP contribution in [-0.4, -0.2) is 22.7 Å². The SMILES string of the molecule is CCCCCCCCCCCCC(CCC)SCCCO. The molecule has 0 aliphatic heterocycles. The largest absolute Gasteiger partial charge is 0.396 e. The fourth-order valence-electron chi connectivity index (χ4n) is 2.81. The number of unbranched alkanes of at least 4 members (excludes halogenated alkanes) is 9. The van der Waals surface area contributed by atoms with Crippen LogP contribution in [0.2, 0.25) is 0 Å². The summed E-state index contributed by atoms with van der Waals surface area (Å²) in [6.45, 7) is 4.93. The molecule has 0 aliphatic rings. The molecule has 0 aromatic carbocycles. The van der Waals surface area contributed by atoms with Crippen LogP contribution in [0.3, 0.4) is 0 Å². The van der Waals surface area contributed by atoms with Crippen molar-refractivity contribution in [3.05, 3.63) is 0 Å². The van der Waals surface area contributed by atoms with Gasteiger partial charge in [0.05, 0.1) is 0 Å². The summed E-state index contributed by atoms with van der Waals surface area (Å²) in [4.78, 5) is 0. The van der Waals surface area contributed by atoms with Gasteiger partial charge in [-0.05, 0) is 25.0 Å². The Morgan fingerprint density at radius 2 is 1.24 bits per heavy atom. The Hall–Kier alpha value is 0.310. The average molecular weight is 317 g/mol. The number of thioether (sulfide) groups is 1. The van der Waals surface area contributed by atoms with Gasteiger partial charge in [-0.2, -0.15) is 11.8 Å². The molecule has 128 valence electrons. The molecule has 0 fully saturated rings. The predicted molar refractivity (Wildman–Crippen MR) is 99.3 cm³/mol. The van der Waals surface area contributed by atoms with Crippen molar-refractivity contribution in [1.82, 2.24) is 0 Å². The molecule has 0 aliphatic carbocycles. The minimum atomic E-state index is 0.351. The van der Waals surface area contributed by atoms with Gasteiger partial charge in [0.1, 0.15) is 0 Å². The van der Waals surface area contributed by atoms with E-state index in [1.54, 1.807) is 0 Å². The molecule has 0 amide bonds. The molecule has 0 rings (SSSR count). The van der Waals surface area contributed by atoms with Crippen molar-refractivity contribution in [2.45, 2.75) is 109 Å². The smallest absolute Gasteiger partial charge is 0.0438 e. The molecule has 1 N–H and O–H groups in total. The lowest BCUT2D eigenvalue weighted by Gasteiger charge is -2.15. The minimum absolute atomic E-state index is 0.351. The number of hydrogen-bond acceptors (Lipinski definition) is 2. The fraction of sp³-hybridized carbons (Fsp3) is 1.00. The summed E-state index contributed by atoms with van der Waals surface area (Å²) in [7, 11) is 0. The maximum absolute atomic E-state index is 8.86. The van der Waals surface area contributed by atoms with Gasteiger partial charge in [-0.25, -0.2) is 0 Å². The highest BCUT2D eigenvalue weighted by atomic mass is 32.2. The molecule has 2 heteroatoms. The molecule has 0 spiro atoms. The average Bonchev–Trinajstić information content (AvgIpc) is 2.49. The molecular formula is C19H40OS. The first kappa shape index (κ1) is 21.3. The van der Waals surface area contributed by atoms with Gasteiger partial charge in [-0.15, -0.1) is 0 Å². The molecular weight excluding hydrogens is 276 g/mol.